The van der Waals surface area contributed by atoms with Gasteiger partial charge in [0.1, 0.15) is 6.04 Å². The summed E-state index contributed by atoms with van der Waals surface area (Å²) < 4.78 is 10.4. The van der Waals surface area contributed by atoms with Crippen molar-refractivity contribution in [3.05, 3.63) is 0 Å². The highest BCUT2D eigenvalue weighted by Crippen LogP contribution is 2.36. The van der Waals surface area contributed by atoms with Gasteiger partial charge in [0.15, 0.2) is 14.9 Å². The number of carbonyl (C=O) groups is 3. The van der Waals surface area contributed by atoms with E-state index in [0.29, 0.717) is 0 Å². The lowest BCUT2D eigenvalue weighted by Crippen LogP contribution is -2.45. The van der Waals surface area contributed by atoms with E-state index in [1.807, 2.05) is 0 Å². The predicted molar refractivity (Wildman–Crippen MR) is 84.0 cm³/mol. The number of nitrogens with one attached hydrogen (secondary N) is 1. The summed E-state index contributed by atoms with van der Waals surface area (Å²) in [6.45, 7) is 11.4. The quantitative estimate of drug-likeness (QED) is 0.516. The number of esters is 1. The van der Waals surface area contributed by atoms with Gasteiger partial charge in [-0.3, -0.25) is 9.59 Å². The number of carboxylic acid groups (broad SMARTS) is 1. The molecular formula is C14H27NO6Si. The fourth-order valence-electron chi connectivity index (χ4n) is 1.31. The third kappa shape index (κ3) is 7.55. The number of carbonyl (C=O) groups excluding carboxylic acids is 2. The summed E-state index contributed by atoms with van der Waals surface area (Å²) in [5.74, 6) is -2.38. The number of aliphatic carboxylic acids is 1. The van der Waals surface area contributed by atoms with Gasteiger partial charge < -0.3 is 19.6 Å². The second-order valence-electron chi connectivity index (χ2n) is 6.64. The molecule has 1 amide bonds. The van der Waals surface area contributed by atoms with Crippen LogP contribution in [-0.4, -0.2) is 50.5 Å². The van der Waals surface area contributed by atoms with Crippen molar-refractivity contribution in [2.45, 2.75) is 58.3 Å². The largest absolute Gasteiger partial charge is 0.480 e. The summed E-state index contributed by atoms with van der Waals surface area (Å²) in [6.07, 6.45) is 0.160. The summed E-state index contributed by atoms with van der Waals surface area (Å²) in [7, 11) is -1.95. The van der Waals surface area contributed by atoms with Crippen molar-refractivity contribution in [3.8, 4) is 0 Å². The summed E-state index contributed by atoms with van der Waals surface area (Å²) in [4.78, 5) is 33.3. The fourth-order valence-corrected chi connectivity index (χ4v) is 2.37. The molecule has 0 aromatic carbocycles. The van der Waals surface area contributed by atoms with Gasteiger partial charge in [-0.15, -0.1) is 0 Å². The van der Waals surface area contributed by atoms with Crippen LogP contribution >= 0.6 is 0 Å². The van der Waals surface area contributed by atoms with E-state index < -0.39 is 38.8 Å². The highest BCUT2D eigenvalue weighted by atomic mass is 28.4. The topological polar surface area (TPSA) is 102 Å². The van der Waals surface area contributed by atoms with Crippen LogP contribution in [0.25, 0.3) is 0 Å². The maximum Gasteiger partial charge on any atom is 0.326 e. The van der Waals surface area contributed by atoms with Crippen molar-refractivity contribution >= 4 is 26.2 Å². The normalized spacial score (nSPS) is 13.4. The van der Waals surface area contributed by atoms with E-state index in [4.69, 9.17) is 9.53 Å². The maximum absolute atomic E-state index is 11.5. The Labute approximate surface area is 132 Å². The molecule has 0 radical (unpaired) electrons. The van der Waals surface area contributed by atoms with Crippen LogP contribution in [0.2, 0.25) is 18.1 Å². The van der Waals surface area contributed by atoms with Crippen LogP contribution in [-0.2, 0) is 23.5 Å². The van der Waals surface area contributed by atoms with Crippen LogP contribution in [0.1, 0.15) is 34.1 Å². The first-order chi connectivity index (χ1) is 9.86. The maximum atomic E-state index is 11.5. The first-order valence-electron chi connectivity index (χ1n) is 7.16. The monoisotopic (exact) mass is 333 g/mol. The zero-order chi connectivity index (χ0) is 17.6. The van der Waals surface area contributed by atoms with Gasteiger partial charge in [0.2, 0.25) is 0 Å². The standard InChI is InChI=1S/C14H27NO6Si/c1-10(16)20-9-12(17)15-11(13(18)19)7-8-21-22(5,6)14(2,3)4/h11H,7-9H2,1-6H3,(H,15,17)(H,18,19)/t11-/m0/s1. The Morgan fingerprint density at radius 3 is 2.18 bits per heavy atom. The van der Waals surface area contributed by atoms with Gasteiger partial charge in [-0.2, -0.15) is 0 Å². The average Bonchev–Trinajstić information content (AvgIpc) is 2.33. The third-order valence-electron chi connectivity index (χ3n) is 3.72. The molecule has 0 fully saturated rings. The van der Waals surface area contributed by atoms with E-state index in [1.165, 1.54) is 6.92 Å². The van der Waals surface area contributed by atoms with Gasteiger partial charge in [0, 0.05) is 20.0 Å². The molecule has 0 saturated carbocycles. The Bertz CT molecular complexity index is 416. The molecule has 0 rings (SSSR count). The summed E-state index contributed by atoms with van der Waals surface area (Å²) >= 11 is 0. The van der Waals surface area contributed by atoms with Gasteiger partial charge in [-0.05, 0) is 18.1 Å². The molecule has 0 saturated heterocycles. The second-order valence-corrected chi connectivity index (χ2v) is 11.4. The lowest BCUT2D eigenvalue weighted by molar-refractivity contribution is -0.148. The average molecular weight is 333 g/mol. The molecule has 2 N–H and O–H groups in total. The van der Waals surface area contributed by atoms with E-state index in [-0.39, 0.29) is 18.1 Å². The molecule has 0 spiro atoms. The SMILES string of the molecule is CC(=O)OCC(=O)N[C@@H](CCO[Si](C)(C)C(C)(C)C)C(=O)O. The Morgan fingerprint density at radius 1 is 1.23 bits per heavy atom. The molecule has 0 aliphatic carbocycles. The van der Waals surface area contributed by atoms with Crippen molar-refractivity contribution < 1.29 is 28.7 Å². The van der Waals surface area contributed by atoms with E-state index >= 15 is 0 Å². The molecule has 0 unspecified atom stereocenters. The van der Waals surface area contributed by atoms with Gasteiger partial charge in [-0.1, -0.05) is 20.8 Å². The summed E-state index contributed by atoms with van der Waals surface area (Å²) in [5, 5.41) is 11.5. The number of ether oxygens (including phenoxy) is 1. The van der Waals surface area contributed by atoms with Crippen molar-refractivity contribution in [3.63, 3.8) is 0 Å². The highest BCUT2D eigenvalue weighted by molar-refractivity contribution is 6.74. The van der Waals surface area contributed by atoms with Crippen LogP contribution in [0.4, 0.5) is 0 Å². The number of hydrogen-bond acceptors (Lipinski definition) is 5. The lowest BCUT2D eigenvalue weighted by Gasteiger charge is -2.36. The Morgan fingerprint density at radius 2 is 1.77 bits per heavy atom. The zero-order valence-corrected chi connectivity index (χ0v) is 15.2. The predicted octanol–water partition coefficient (Wildman–Crippen LogP) is 1.53. The van der Waals surface area contributed by atoms with Crippen molar-refractivity contribution in [2.75, 3.05) is 13.2 Å². The fraction of sp³-hybridized carbons (Fsp3) is 0.786. The minimum atomic E-state index is -1.95. The molecule has 0 heterocycles. The first-order valence-corrected chi connectivity index (χ1v) is 10.1. The molecule has 7 nitrogen and oxygen atoms in total. The number of rotatable bonds is 8. The van der Waals surface area contributed by atoms with Crippen LogP contribution in [0, 0.1) is 0 Å². The summed E-state index contributed by atoms with van der Waals surface area (Å²) in [5.41, 5.74) is 0. The molecule has 0 bridgehead atoms. The minimum Gasteiger partial charge on any atom is -0.480 e. The smallest absolute Gasteiger partial charge is 0.326 e. The van der Waals surface area contributed by atoms with E-state index in [0.717, 1.165) is 0 Å². The van der Waals surface area contributed by atoms with Crippen LogP contribution < -0.4 is 5.32 Å². The Balaban J connectivity index is 4.41. The molecule has 0 aromatic rings. The van der Waals surface area contributed by atoms with Gasteiger partial charge in [0.25, 0.3) is 5.91 Å². The van der Waals surface area contributed by atoms with Crippen molar-refractivity contribution in [1.29, 1.82) is 0 Å². The molecule has 0 aromatic heterocycles. The Hall–Kier alpha value is -1.41. The molecule has 0 aliphatic rings. The van der Waals surface area contributed by atoms with Crippen molar-refractivity contribution in [2.24, 2.45) is 0 Å². The third-order valence-corrected chi connectivity index (χ3v) is 8.25. The molecule has 1 atom stereocenters. The Kier molecular flexibility index (Phi) is 7.75. The van der Waals surface area contributed by atoms with E-state index in [2.05, 4.69) is 43.9 Å². The number of carboxylic acids is 1. The van der Waals surface area contributed by atoms with E-state index in [1.54, 1.807) is 0 Å². The minimum absolute atomic E-state index is 0.0320. The number of hydrogen-bond donors (Lipinski definition) is 2. The van der Waals surface area contributed by atoms with Gasteiger partial charge in [-0.25, -0.2) is 4.79 Å². The molecule has 0 aliphatic heterocycles. The first kappa shape index (κ1) is 20.6. The number of amides is 1. The lowest BCUT2D eigenvalue weighted by atomic mass is 10.2. The molecule has 22 heavy (non-hydrogen) atoms. The molecule has 8 heteroatoms. The van der Waals surface area contributed by atoms with Gasteiger partial charge >= 0.3 is 11.9 Å². The molecule has 128 valence electrons. The van der Waals surface area contributed by atoms with Crippen LogP contribution in [0.3, 0.4) is 0 Å². The molecular weight excluding hydrogens is 306 g/mol. The highest BCUT2D eigenvalue weighted by Gasteiger charge is 2.37. The van der Waals surface area contributed by atoms with Crippen LogP contribution in [0.5, 0.6) is 0 Å². The zero-order valence-electron chi connectivity index (χ0n) is 14.2. The van der Waals surface area contributed by atoms with Gasteiger partial charge in [0.05, 0.1) is 0 Å². The second kappa shape index (κ2) is 8.28. The van der Waals surface area contributed by atoms with E-state index in [9.17, 15) is 14.4 Å². The van der Waals surface area contributed by atoms with Crippen LogP contribution in [0.15, 0.2) is 0 Å². The van der Waals surface area contributed by atoms with Crippen molar-refractivity contribution in [1.82, 2.24) is 5.32 Å². The summed E-state index contributed by atoms with van der Waals surface area (Å²) in [6, 6.07) is -1.06.